The Kier molecular flexibility index (Phi) is 7.97. The Morgan fingerprint density at radius 2 is 1.69 bits per heavy atom. The van der Waals surface area contributed by atoms with Gasteiger partial charge in [0.1, 0.15) is 5.75 Å². The average Bonchev–Trinajstić information content (AvgIpc) is 3.82. The summed E-state index contributed by atoms with van der Waals surface area (Å²) in [7, 11) is -3.89. The fraction of sp³-hybridized carbons (Fsp3) is 0.294. The number of hydrogen-bond acceptors (Lipinski definition) is 9. The first-order chi connectivity index (χ1) is 24.2. The fourth-order valence-electron chi connectivity index (χ4n) is 8.34. The molecule has 2 bridgehead atoms. The van der Waals surface area contributed by atoms with Gasteiger partial charge >= 0.3 is 11.0 Å². The van der Waals surface area contributed by atoms with Gasteiger partial charge in [-0.25, -0.2) is 13.6 Å². The van der Waals surface area contributed by atoms with Gasteiger partial charge in [0.25, 0.3) is 5.91 Å². The van der Waals surface area contributed by atoms with E-state index in [1.807, 2.05) is 6.07 Å². The molecule has 3 amide bonds. The van der Waals surface area contributed by atoms with Crippen molar-refractivity contribution in [2.24, 2.45) is 34.7 Å². The zero-order valence-electron chi connectivity index (χ0n) is 26.1. The minimum atomic E-state index is -4.64. The number of imide groups is 1. The van der Waals surface area contributed by atoms with E-state index in [0.29, 0.717) is 22.9 Å². The highest BCUT2D eigenvalue weighted by Gasteiger charge is 2.69. The molecule has 2 aliphatic heterocycles. The second-order valence-electron chi connectivity index (χ2n) is 13.0. The molecule has 1 saturated heterocycles. The summed E-state index contributed by atoms with van der Waals surface area (Å²) in [5, 5.41) is 8.29. The number of sulfonamides is 1. The molecule has 3 fully saturated rings. The quantitative estimate of drug-likeness (QED) is 0.226. The molecule has 4 aliphatic rings. The molecule has 4 aromatic rings. The van der Waals surface area contributed by atoms with Gasteiger partial charge in [0.15, 0.2) is 6.61 Å². The summed E-state index contributed by atoms with van der Waals surface area (Å²) in [6.07, 6.45) is -4.05. The van der Waals surface area contributed by atoms with Crippen LogP contribution >= 0.6 is 23.1 Å². The molecule has 2 aliphatic carbocycles. The highest BCUT2D eigenvalue weighted by molar-refractivity contribution is 8.00. The molecular weight excluding hydrogens is 730 g/mol. The smallest absolute Gasteiger partial charge is 0.416 e. The molecule has 6 unspecified atom stereocenters. The fourth-order valence-corrected chi connectivity index (χ4v) is 11.7. The summed E-state index contributed by atoms with van der Waals surface area (Å²) in [4.78, 5) is 57.4. The minimum absolute atomic E-state index is 0.0985. The summed E-state index contributed by atoms with van der Waals surface area (Å²) in [6.45, 7) is -0.369. The number of amides is 3. The number of nitrogens with one attached hydrogen (secondary N) is 2. The van der Waals surface area contributed by atoms with Crippen LogP contribution in [-0.2, 0) is 30.6 Å². The molecule has 7 atom stereocenters. The summed E-state index contributed by atoms with van der Waals surface area (Å²) >= 11 is 2.56. The van der Waals surface area contributed by atoms with Crippen LogP contribution in [0.4, 0.5) is 24.5 Å². The SMILES string of the molecule is NS(=O)(=O)c1ccc(NC(=O)COc2cccc([C@H]3c4sc(=O)[nH]c4SC4C5CC(C6C(=O)N(c7cccc(C(F)(F)F)c7)C(=O)C56)C43)c2)cc1. The van der Waals surface area contributed by atoms with Crippen molar-refractivity contribution in [1.29, 1.82) is 0 Å². The van der Waals surface area contributed by atoms with Crippen molar-refractivity contribution < 1.29 is 40.7 Å². The standard InChI is InChI=1S/C34H27F3N4O7S3/c35-34(36,37)16-4-2-5-18(12-16)41-31(43)26-21-13-22(27(26)32(41)44)28-25(21)24(29-30(49-28)40-33(45)50-29)15-3-1-6-19(11-15)48-14-23(42)39-17-7-9-20(10-8-17)51(38,46)47/h1-12,21-22,24-28H,13-14H2,(H,39,42)(H,40,45)(H2,38,46,47)/t21?,22?,24-,25?,26?,27?,28?/m1/s1. The minimum Gasteiger partial charge on any atom is -0.484 e. The van der Waals surface area contributed by atoms with Gasteiger partial charge in [0, 0.05) is 21.7 Å². The maximum Gasteiger partial charge on any atom is 0.416 e. The third-order valence-electron chi connectivity index (χ3n) is 10.2. The number of aromatic amines is 1. The lowest BCUT2D eigenvalue weighted by Crippen LogP contribution is -2.42. The van der Waals surface area contributed by atoms with Gasteiger partial charge in [-0.1, -0.05) is 29.5 Å². The zero-order valence-corrected chi connectivity index (χ0v) is 28.6. The van der Waals surface area contributed by atoms with Gasteiger partial charge < -0.3 is 15.0 Å². The van der Waals surface area contributed by atoms with Crippen LogP contribution in [-0.4, -0.2) is 43.0 Å². The Bertz CT molecular complexity index is 2270. The van der Waals surface area contributed by atoms with Crippen molar-refractivity contribution in [2.45, 2.75) is 33.7 Å². The zero-order chi connectivity index (χ0) is 36.0. The number of benzene rings is 3. The first-order valence-corrected chi connectivity index (χ1v) is 19.0. The second-order valence-corrected chi connectivity index (χ2v) is 16.8. The molecule has 11 nitrogen and oxygen atoms in total. The number of fused-ring (bicyclic) bond motifs is 9. The van der Waals surface area contributed by atoms with E-state index < -0.39 is 51.3 Å². The number of hydrogen-bond donors (Lipinski definition) is 3. The van der Waals surface area contributed by atoms with Crippen LogP contribution in [0.25, 0.3) is 0 Å². The van der Waals surface area contributed by atoms with Crippen molar-refractivity contribution in [3.8, 4) is 5.75 Å². The van der Waals surface area contributed by atoms with E-state index in [-0.39, 0.29) is 51.0 Å². The van der Waals surface area contributed by atoms with E-state index in [0.717, 1.165) is 38.8 Å². The van der Waals surface area contributed by atoms with E-state index in [1.165, 1.54) is 48.2 Å². The van der Waals surface area contributed by atoms with Gasteiger partial charge in [0.2, 0.25) is 21.8 Å². The molecule has 2 saturated carbocycles. The van der Waals surface area contributed by atoms with Gasteiger partial charge in [-0.15, -0.1) is 11.8 Å². The van der Waals surface area contributed by atoms with Crippen LogP contribution in [0.5, 0.6) is 5.75 Å². The van der Waals surface area contributed by atoms with Crippen molar-refractivity contribution in [3.63, 3.8) is 0 Å². The number of H-pyrrole nitrogens is 1. The van der Waals surface area contributed by atoms with E-state index in [4.69, 9.17) is 9.88 Å². The molecule has 1 aromatic heterocycles. The van der Waals surface area contributed by atoms with Gasteiger partial charge in [0.05, 0.1) is 33.0 Å². The van der Waals surface area contributed by atoms with Crippen LogP contribution in [0.15, 0.2) is 87.5 Å². The van der Waals surface area contributed by atoms with Crippen molar-refractivity contribution in [2.75, 3.05) is 16.8 Å². The first-order valence-electron chi connectivity index (χ1n) is 15.8. The maximum absolute atomic E-state index is 14.0. The Morgan fingerprint density at radius 3 is 2.39 bits per heavy atom. The summed E-state index contributed by atoms with van der Waals surface area (Å²) in [5.41, 5.74) is 0.0794. The lowest BCUT2D eigenvalue weighted by molar-refractivity contribution is -0.137. The number of anilines is 2. The lowest BCUT2D eigenvalue weighted by atomic mass is 9.68. The number of nitrogens with zero attached hydrogens (tertiary/aromatic N) is 1. The predicted molar refractivity (Wildman–Crippen MR) is 181 cm³/mol. The molecule has 3 heterocycles. The highest BCUT2D eigenvalue weighted by Crippen LogP contribution is 2.68. The van der Waals surface area contributed by atoms with Crippen molar-refractivity contribution >= 4 is 62.2 Å². The van der Waals surface area contributed by atoms with E-state index in [9.17, 15) is 40.8 Å². The Hall–Kier alpha value is -4.45. The number of rotatable bonds is 7. The molecule has 4 N–H and O–H groups in total. The first kappa shape index (κ1) is 33.7. The van der Waals surface area contributed by atoms with E-state index in [2.05, 4.69) is 10.3 Å². The molecule has 3 aromatic carbocycles. The van der Waals surface area contributed by atoms with Gasteiger partial charge in [-0.2, -0.15) is 13.2 Å². The Morgan fingerprint density at radius 1 is 0.980 bits per heavy atom. The van der Waals surface area contributed by atoms with Crippen molar-refractivity contribution in [3.05, 3.63) is 98.5 Å². The Balaban J connectivity index is 1.05. The molecule has 0 spiro atoms. The number of halogens is 3. The number of alkyl halides is 3. The van der Waals surface area contributed by atoms with E-state index in [1.54, 1.807) is 18.2 Å². The number of primary sulfonamides is 1. The molecule has 264 valence electrons. The number of ether oxygens (including phenoxy) is 1. The number of thioether (sulfide) groups is 1. The van der Waals surface area contributed by atoms with Crippen LogP contribution in [0.2, 0.25) is 0 Å². The average molecular weight is 757 g/mol. The topological polar surface area (TPSA) is 169 Å². The number of nitrogens with two attached hydrogens (primary N) is 1. The molecule has 8 rings (SSSR count). The lowest BCUT2D eigenvalue weighted by Gasteiger charge is -2.43. The van der Waals surface area contributed by atoms with Gasteiger partial charge in [-0.3, -0.25) is 24.1 Å². The van der Waals surface area contributed by atoms with Crippen LogP contribution in [0.1, 0.15) is 28.3 Å². The van der Waals surface area contributed by atoms with Crippen LogP contribution < -0.4 is 25.0 Å². The molecular formula is C34H27F3N4O7S3. The summed E-state index contributed by atoms with van der Waals surface area (Å²) in [5.74, 6) is -3.54. The molecule has 0 radical (unpaired) electrons. The van der Waals surface area contributed by atoms with Crippen LogP contribution in [0, 0.1) is 29.6 Å². The third-order valence-corrected chi connectivity index (χ3v) is 13.7. The molecule has 51 heavy (non-hydrogen) atoms. The predicted octanol–water partition coefficient (Wildman–Crippen LogP) is 4.80. The number of carbonyl (C=O) groups is 3. The normalized spacial score (nSPS) is 26.5. The van der Waals surface area contributed by atoms with Crippen LogP contribution in [0.3, 0.4) is 0 Å². The Labute approximate surface area is 296 Å². The largest absolute Gasteiger partial charge is 0.484 e. The summed E-state index contributed by atoms with van der Waals surface area (Å²) in [6, 6.07) is 16.7. The number of carbonyl (C=O) groups excluding carboxylic acids is 3. The van der Waals surface area contributed by atoms with E-state index >= 15 is 0 Å². The monoisotopic (exact) mass is 756 g/mol. The second kappa shape index (κ2) is 12.1. The third kappa shape index (κ3) is 5.75. The number of aromatic nitrogens is 1. The molecule has 17 heteroatoms. The number of thiazole rings is 1. The highest BCUT2D eigenvalue weighted by atomic mass is 32.2. The van der Waals surface area contributed by atoms with Crippen molar-refractivity contribution in [1.82, 2.24) is 4.98 Å². The summed E-state index contributed by atoms with van der Waals surface area (Å²) < 4.78 is 69.4. The van der Waals surface area contributed by atoms with Gasteiger partial charge in [-0.05, 0) is 84.3 Å². The maximum atomic E-state index is 14.0.